The van der Waals surface area contributed by atoms with Gasteiger partial charge in [0.2, 0.25) is 0 Å². The molecule has 2 saturated carbocycles. The SMILES string of the molecule is NCC1(Cc2cc(F)ccc2F)CC2CC2C1. The lowest BCUT2D eigenvalue weighted by atomic mass is 9.77. The van der Waals surface area contributed by atoms with Crippen LogP contribution < -0.4 is 5.73 Å². The average molecular weight is 237 g/mol. The molecule has 0 bridgehead atoms. The Morgan fingerprint density at radius 3 is 2.59 bits per heavy atom. The molecule has 2 aliphatic rings. The van der Waals surface area contributed by atoms with Gasteiger partial charge in [-0.3, -0.25) is 0 Å². The van der Waals surface area contributed by atoms with E-state index < -0.39 is 0 Å². The number of nitrogens with two attached hydrogens (primary N) is 1. The van der Waals surface area contributed by atoms with E-state index in [9.17, 15) is 8.78 Å². The summed E-state index contributed by atoms with van der Waals surface area (Å²) in [5.41, 5.74) is 6.37. The van der Waals surface area contributed by atoms with E-state index in [4.69, 9.17) is 5.73 Å². The molecule has 17 heavy (non-hydrogen) atoms. The van der Waals surface area contributed by atoms with E-state index in [1.807, 2.05) is 0 Å². The molecule has 2 unspecified atom stereocenters. The lowest BCUT2D eigenvalue weighted by molar-refractivity contribution is 0.269. The molecule has 0 saturated heterocycles. The van der Waals surface area contributed by atoms with Gasteiger partial charge in [-0.15, -0.1) is 0 Å². The first-order valence-electron chi connectivity index (χ1n) is 6.26. The Balaban J connectivity index is 1.83. The Labute approximate surface area is 100 Å². The van der Waals surface area contributed by atoms with Crippen LogP contribution in [0.3, 0.4) is 0 Å². The molecule has 1 aromatic rings. The van der Waals surface area contributed by atoms with Crippen LogP contribution in [0.4, 0.5) is 8.78 Å². The maximum atomic E-state index is 13.6. The largest absolute Gasteiger partial charge is 0.330 e. The van der Waals surface area contributed by atoms with Gasteiger partial charge in [0, 0.05) is 0 Å². The fourth-order valence-electron chi connectivity index (χ4n) is 3.47. The molecule has 0 aliphatic heterocycles. The molecular weight excluding hydrogens is 220 g/mol. The Morgan fingerprint density at radius 2 is 1.94 bits per heavy atom. The van der Waals surface area contributed by atoms with Crippen molar-refractivity contribution in [2.75, 3.05) is 6.54 Å². The minimum atomic E-state index is -0.364. The summed E-state index contributed by atoms with van der Waals surface area (Å²) in [4.78, 5) is 0. The van der Waals surface area contributed by atoms with Gasteiger partial charge in [0.15, 0.2) is 0 Å². The predicted octanol–water partition coefficient (Wildman–Crippen LogP) is 2.88. The van der Waals surface area contributed by atoms with Crippen molar-refractivity contribution in [3.63, 3.8) is 0 Å². The maximum absolute atomic E-state index is 13.6. The summed E-state index contributed by atoms with van der Waals surface area (Å²) < 4.78 is 26.8. The zero-order valence-corrected chi connectivity index (χ0v) is 9.76. The van der Waals surface area contributed by atoms with Gasteiger partial charge in [0.1, 0.15) is 11.6 Å². The van der Waals surface area contributed by atoms with Crippen LogP contribution in [-0.2, 0) is 6.42 Å². The van der Waals surface area contributed by atoms with Gasteiger partial charge in [-0.2, -0.15) is 0 Å². The Morgan fingerprint density at radius 1 is 1.24 bits per heavy atom. The highest BCUT2D eigenvalue weighted by atomic mass is 19.1. The van der Waals surface area contributed by atoms with E-state index in [1.54, 1.807) is 0 Å². The monoisotopic (exact) mass is 237 g/mol. The molecule has 0 amide bonds. The highest BCUT2D eigenvalue weighted by molar-refractivity contribution is 5.22. The summed E-state index contributed by atoms with van der Waals surface area (Å²) >= 11 is 0. The quantitative estimate of drug-likeness (QED) is 0.859. The van der Waals surface area contributed by atoms with Crippen LogP contribution in [-0.4, -0.2) is 6.54 Å². The standard InChI is InChI=1S/C14H17F2N/c15-12-1-2-13(16)11(4-12)7-14(8-17)5-9-3-10(9)6-14/h1-2,4,9-10H,3,5-8,17H2. The molecule has 2 N–H and O–H groups in total. The van der Waals surface area contributed by atoms with E-state index in [0.29, 0.717) is 18.5 Å². The number of fused-ring (bicyclic) bond motifs is 1. The van der Waals surface area contributed by atoms with E-state index in [-0.39, 0.29) is 17.0 Å². The van der Waals surface area contributed by atoms with Gasteiger partial charge in [-0.25, -0.2) is 8.78 Å². The number of hydrogen-bond acceptors (Lipinski definition) is 1. The fraction of sp³-hybridized carbons (Fsp3) is 0.571. The van der Waals surface area contributed by atoms with Crippen LogP contribution in [0.25, 0.3) is 0 Å². The van der Waals surface area contributed by atoms with Crippen LogP contribution in [0.15, 0.2) is 18.2 Å². The van der Waals surface area contributed by atoms with Crippen LogP contribution >= 0.6 is 0 Å². The number of benzene rings is 1. The second-order valence-electron chi connectivity index (χ2n) is 5.78. The number of hydrogen-bond donors (Lipinski definition) is 1. The van der Waals surface area contributed by atoms with E-state index >= 15 is 0 Å². The lowest BCUT2D eigenvalue weighted by Gasteiger charge is -2.29. The highest BCUT2D eigenvalue weighted by Gasteiger charge is 2.53. The first-order chi connectivity index (χ1) is 8.12. The molecule has 0 aromatic heterocycles. The van der Waals surface area contributed by atoms with Crippen LogP contribution in [0.2, 0.25) is 0 Å². The first-order valence-corrected chi connectivity index (χ1v) is 6.26. The summed E-state index contributed by atoms with van der Waals surface area (Å²) in [5, 5.41) is 0. The van der Waals surface area contributed by atoms with Gasteiger partial charge in [0.05, 0.1) is 0 Å². The summed E-state index contributed by atoms with van der Waals surface area (Å²) in [6.07, 6.45) is 4.07. The fourth-order valence-corrected chi connectivity index (χ4v) is 3.47. The second-order valence-corrected chi connectivity index (χ2v) is 5.78. The van der Waals surface area contributed by atoms with Gasteiger partial charge in [-0.05, 0) is 73.2 Å². The maximum Gasteiger partial charge on any atom is 0.126 e. The average Bonchev–Trinajstić information content (AvgIpc) is 2.92. The third-order valence-electron chi connectivity index (χ3n) is 4.47. The zero-order chi connectivity index (χ0) is 12.0. The third-order valence-corrected chi connectivity index (χ3v) is 4.47. The van der Waals surface area contributed by atoms with Crippen molar-refractivity contribution in [2.45, 2.75) is 25.7 Å². The lowest BCUT2D eigenvalue weighted by Crippen LogP contribution is -2.31. The number of halogens is 2. The van der Waals surface area contributed by atoms with Crippen molar-refractivity contribution in [1.82, 2.24) is 0 Å². The second kappa shape index (κ2) is 3.77. The summed E-state index contributed by atoms with van der Waals surface area (Å²) in [6.45, 7) is 0.579. The molecule has 0 spiro atoms. The molecule has 2 fully saturated rings. The van der Waals surface area contributed by atoms with Crippen molar-refractivity contribution in [2.24, 2.45) is 23.0 Å². The molecule has 0 heterocycles. The van der Waals surface area contributed by atoms with Crippen molar-refractivity contribution in [3.05, 3.63) is 35.4 Å². The highest BCUT2D eigenvalue weighted by Crippen LogP contribution is 2.60. The molecular formula is C14H17F2N. The molecule has 2 atom stereocenters. The normalized spacial score (nSPS) is 34.8. The summed E-state index contributed by atoms with van der Waals surface area (Å²) in [7, 11) is 0. The molecule has 3 rings (SSSR count). The molecule has 1 nitrogen and oxygen atoms in total. The number of rotatable bonds is 3. The first kappa shape index (κ1) is 11.1. The molecule has 2 aliphatic carbocycles. The van der Waals surface area contributed by atoms with E-state index in [2.05, 4.69) is 0 Å². The van der Waals surface area contributed by atoms with Crippen LogP contribution in [0, 0.1) is 28.9 Å². The Bertz CT molecular complexity index is 434. The molecule has 3 heteroatoms. The van der Waals surface area contributed by atoms with Crippen molar-refractivity contribution >= 4 is 0 Å². The Kier molecular flexibility index (Phi) is 2.47. The molecule has 92 valence electrons. The summed E-state index contributed by atoms with van der Waals surface area (Å²) in [5.74, 6) is 0.932. The Hall–Kier alpha value is -0.960. The topological polar surface area (TPSA) is 26.0 Å². The summed E-state index contributed by atoms with van der Waals surface area (Å²) in [6, 6.07) is 3.70. The van der Waals surface area contributed by atoms with Gasteiger partial charge < -0.3 is 5.73 Å². The van der Waals surface area contributed by atoms with E-state index in [1.165, 1.54) is 24.6 Å². The van der Waals surface area contributed by atoms with Crippen molar-refractivity contribution in [1.29, 1.82) is 0 Å². The van der Waals surface area contributed by atoms with Crippen molar-refractivity contribution in [3.8, 4) is 0 Å². The zero-order valence-electron chi connectivity index (χ0n) is 9.76. The smallest absolute Gasteiger partial charge is 0.126 e. The van der Waals surface area contributed by atoms with Crippen LogP contribution in [0.5, 0.6) is 0 Å². The predicted molar refractivity (Wildman–Crippen MR) is 62.4 cm³/mol. The molecule has 1 aromatic carbocycles. The third kappa shape index (κ3) is 1.97. The molecule has 0 radical (unpaired) electrons. The minimum absolute atomic E-state index is 0.0161. The van der Waals surface area contributed by atoms with E-state index in [0.717, 1.165) is 24.7 Å². The van der Waals surface area contributed by atoms with Crippen LogP contribution in [0.1, 0.15) is 24.8 Å². The van der Waals surface area contributed by atoms with Gasteiger partial charge in [-0.1, -0.05) is 0 Å². The minimum Gasteiger partial charge on any atom is -0.330 e. The van der Waals surface area contributed by atoms with Crippen molar-refractivity contribution < 1.29 is 8.78 Å². The van der Waals surface area contributed by atoms with Gasteiger partial charge in [0.25, 0.3) is 0 Å². The van der Waals surface area contributed by atoms with Gasteiger partial charge >= 0.3 is 0 Å².